The molecule has 0 aromatic heterocycles. The van der Waals surface area contributed by atoms with Crippen LogP contribution in [0.25, 0.3) is 0 Å². The predicted molar refractivity (Wildman–Crippen MR) is 115 cm³/mol. The predicted octanol–water partition coefficient (Wildman–Crippen LogP) is -2.45. The molecule has 168 valence electrons. The van der Waals surface area contributed by atoms with E-state index in [0.29, 0.717) is 13.2 Å². The molecule has 1 unspecified atom stereocenters. The molecule has 0 aliphatic carbocycles. The van der Waals surface area contributed by atoms with E-state index in [1.807, 2.05) is 18.2 Å². The second-order valence-electron chi connectivity index (χ2n) is 8.77. The number of rotatable bonds is 7. The van der Waals surface area contributed by atoms with E-state index in [2.05, 4.69) is 67.0 Å². The minimum absolute atomic E-state index is 0. The van der Waals surface area contributed by atoms with E-state index < -0.39 is 6.10 Å². The van der Waals surface area contributed by atoms with Gasteiger partial charge in [0.1, 0.15) is 18.5 Å². The number of ether oxygens (including phenoxy) is 1. The van der Waals surface area contributed by atoms with Gasteiger partial charge in [-0.25, -0.2) is 0 Å². The molecule has 1 saturated heterocycles. The zero-order valence-corrected chi connectivity index (χ0v) is 19.7. The van der Waals surface area contributed by atoms with Gasteiger partial charge in [0.2, 0.25) is 0 Å². The van der Waals surface area contributed by atoms with Gasteiger partial charge in [-0.1, -0.05) is 69.3 Å². The first kappa shape index (κ1) is 26.7. The molecule has 1 N–H and O–H groups in total. The maximum atomic E-state index is 10.5. The number of hydrogen-bond acceptors (Lipinski definition) is 4. The van der Waals surface area contributed by atoms with E-state index in [9.17, 15) is 5.11 Å². The van der Waals surface area contributed by atoms with Crippen LogP contribution in [0.1, 0.15) is 31.9 Å². The summed E-state index contributed by atoms with van der Waals surface area (Å²) >= 11 is 0. The lowest BCUT2D eigenvalue weighted by atomic mass is 9.86. The number of benzene rings is 2. The van der Waals surface area contributed by atoms with Gasteiger partial charge in [0.25, 0.3) is 0 Å². The monoisotopic (exact) mass is 452 g/mol. The summed E-state index contributed by atoms with van der Waals surface area (Å²) in [5, 5.41) is 10.5. The molecule has 2 aromatic carbocycles. The van der Waals surface area contributed by atoms with Gasteiger partial charge < -0.3 is 34.7 Å². The maximum absolute atomic E-state index is 10.5. The third-order valence-corrected chi connectivity index (χ3v) is 5.31. The molecule has 0 saturated carbocycles. The first-order valence-electron chi connectivity index (χ1n) is 10.3. The minimum atomic E-state index is -0.478. The number of hydrogen-bond donors (Lipinski definition) is 1. The first-order chi connectivity index (χ1) is 13.4. The summed E-state index contributed by atoms with van der Waals surface area (Å²) in [7, 11) is 0. The largest absolute Gasteiger partial charge is 1.00 e. The van der Waals surface area contributed by atoms with Crippen LogP contribution < -0.4 is 29.6 Å². The van der Waals surface area contributed by atoms with Crippen LogP contribution in [0.2, 0.25) is 0 Å². The molecule has 0 bridgehead atoms. The number of aliphatic hydroxyl groups excluding tert-OH is 1. The van der Waals surface area contributed by atoms with Crippen molar-refractivity contribution in [2.45, 2.75) is 38.8 Å². The van der Waals surface area contributed by atoms with Crippen LogP contribution in [0.3, 0.4) is 0 Å². The Kier molecular flexibility index (Phi) is 11.2. The van der Waals surface area contributed by atoms with E-state index in [-0.39, 0.29) is 30.2 Å². The van der Waals surface area contributed by atoms with Crippen LogP contribution in [-0.2, 0) is 12.0 Å². The highest BCUT2D eigenvalue weighted by molar-refractivity contribution is 5.38. The first-order valence-corrected chi connectivity index (χ1v) is 10.3. The second kappa shape index (κ2) is 12.5. The fourth-order valence-electron chi connectivity index (χ4n) is 3.72. The van der Waals surface area contributed by atoms with Gasteiger partial charge in [0.15, 0.2) is 0 Å². The molecule has 0 amide bonds. The molecule has 2 aromatic rings. The number of piperazine rings is 1. The highest BCUT2D eigenvalue weighted by Crippen LogP contribution is 2.31. The standard InChI is InChI=1S/C24H34N2O2.2ClH/c1-24(2,3)22-11-7-8-12-23(22)28-19-21(27)18-26-15-13-25(14-16-26)17-20-9-5-4-6-10-20;;/h4-12,21,27H,13-19H2,1-3H3;2*1H/p-2. The second-order valence-corrected chi connectivity index (χ2v) is 8.77. The molecule has 0 spiro atoms. The topological polar surface area (TPSA) is 35.9 Å². The van der Waals surface area contributed by atoms with Gasteiger partial charge in [-0.3, -0.25) is 9.80 Å². The fourth-order valence-corrected chi connectivity index (χ4v) is 3.72. The molecule has 1 heterocycles. The minimum Gasteiger partial charge on any atom is -1.00 e. The molecule has 6 heteroatoms. The Morgan fingerprint density at radius 1 is 0.867 bits per heavy atom. The summed E-state index contributed by atoms with van der Waals surface area (Å²) in [4.78, 5) is 4.82. The van der Waals surface area contributed by atoms with Crippen molar-refractivity contribution < 1.29 is 34.7 Å². The van der Waals surface area contributed by atoms with Gasteiger partial charge in [0, 0.05) is 39.3 Å². The number of halogens is 2. The summed E-state index contributed by atoms with van der Waals surface area (Å²) in [6, 6.07) is 18.8. The van der Waals surface area contributed by atoms with Crippen molar-refractivity contribution >= 4 is 0 Å². The highest BCUT2D eigenvalue weighted by atomic mass is 35.5. The average Bonchev–Trinajstić information content (AvgIpc) is 2.68. The summed E-state index contributed by atoms with van der Waals surface area (Å²) in [6.07, 6.45) is -0.478. The Morgan fingerprint density at radius 3 is 2.07 bits per heavy atom. The van der Waals surface area contributed by atoms with Crippen molar-refractivity contribution in [2.24, 2.45) is 0 Å². The third-order valence-electron chi connectivity index (χ3n) is 5.31. The van der Waals surface area contributed by atoms with Crippen molar-refractivity contribution in [2.75, 3.05) is 39.3 Å². The fraction of sp³-hybridized carbons (Fsp3) is 0.500. The average molecular weight is 453 g/mol. The van der Waals surface area contributed by atoms with Crippen molar-refractivity contribution in [3.8, 4) is 5.75 Å². The Hall–Kier alpha value is -1.30. The van der Waals surface area contributed by atoms with Gasteiger partial charge in [0.05, 0.1) is 0 Å². The number of β-amino-alcohol motifs (C(OH)–C–C–N with tert-alkyl or cyclic N) is 1. The molecule has 30 heavy (non-hydrogen) atoms. The van der Waals surface area contributed by atoms with E-state index >= 15 is 0 Å². The maximum Gasteiger partial charge on any atom is 0.123 e. The van der Waals surface area contributed by atoms with Crippen LogP contribution in [0.4, 0.5) is 0 Å². The molecule has 1 aliphatic rings. The quantitative estimate of drug-likeness (QED) is 0.505. The Bertz CT molecular complexity index is 729. The molecule has 3 rings (SSSR count). The van der Waals surface area contributed by atoms with Crippen LogP contribution in [-0.4, -0.2) is 60.3 Å². The van der Waals surface area contributed by atoms with E-state index in [1.165, 1.54) is 11.1 Å². The number of para-hydroxylation sites is 1. The van der Waals surface area contributed by atoms with E-state index in [0.717, 1.165) is 38.5 Å². The summed E-state index contributed by atoms with van der Waals surface area (Å²) in [5.41, 5.74) is 2.56. The van der Waals surface area contributed by atoms with Gasteiger partial charge >= 0.3 is 0 Å². The van der Waals surface area contributed by atoms with Crippen LogP contribution >= 0.6 is 0 Å². The molecule has 1 fully saturated rings. The smallest absolute Gasteiger partial charge is 0.123 e. The Balaban J connectivity index is 0.00000225. The molecular weight excluding hydrogens is 419 g/mol. The van der Waals surface area contributed by atoms with Gasteiger partial charge in [-0.05, 0) is 22.6 Å². The van der Waals surface area contributed by atoms with Crippen molar-refractivity contribution in [3.63, 3.8) is 0 Å². The number of aliphatic hydroxyl groups is 1. The van der Waals surface area contributed by atoms with Crippen LogP contribution in [0.5, 0.6) is 5.75 Å². The van der Waals surface area contributed by atoms with Gasteiger partial charge in [-0.15, -0.1) is 0 Å². The summed E-state index contributed by atoms with van der Waals surface area (Å²) in [5.74, 6) is 0.877. The molecule has 0 radical (unpaired) electrons. The third kappa shape index (κ3) is 8.09. The van der Waals surface area contributed by atoms with Crippen molar-refractivity contribution in [1.29, 1.82) is 0 Å². The van der Waals surface area contributed by atoms with E-state index in [4.69, 9.17) is 4.74 Å². The molecule has 1 aliphatic heterocycles. The zero-order chi connectivity index (χ0) is 20.0. The number of nitrogens with zero attached hydrogens (tertiary/aromatic N) is 2. The van der Waals surface area contributed by atoms with Crippen molar-refractivity contribution in [3.05, 3.63) is 65.7 Å². The summed E-state index contributed by atoms with van der Waals surface area (Å²) in [6.45, 7) is 12.6. The van der Waals surface area contributed by atoms with Crippen LogP contribution in [0, 0.1) is 0 Å². The van der Waals surface area contributed by atoms with Crippen LogP contribution in [0.15, 0.2) is 54.6 Å². The SMILES string of the molecule is CC(C)(C)c1ccccc1OCC(O)CN1CCN(Cc2ccccc2)CC1.[Cl-].[Cl-]. The van der Waals surface area contributed by atoms with Gasteiger partial charge in [-0.2, -0.15) is 0 Å². The zero-order valence-electron chi connectivity index (χ0n) is 18.2. The normalized spacial score (nSPS) is 16.3. The molecular formula is C24H34Cl2N2O2-2. The molecule has 1 atom stereocenters. The lowest BCUT2D eigenvalue weighted by Gasteiger charge is -2.35. The Labute approximate surface area is 194 Å². The summed E-state index contributed by atoms with van der Waals surface area (Å²) < 4.78 is 5.98. The lowest BCUT2D eigenvalue weighted by molar-refractivity contribution is -0.00100. The lowest BCUT2D eigenvalue weighted by Crippen LogP contribution is -3.00. The Morgan fingerprint density at radius 2 is 1.43 bits per heavy atom. The van der Waals surface area contributed by atoms with Crippen molar-refractivity contribution in [1.82, 2.24) is 9.80 Å². The molecule has 4 nitrogen and oxygen atoms in total. The van der Waals surface area contributed by atoms with E-state index in [1.54, 1.807) is 0 Å². The highest BCUT2D eigenvalue weighted by Gasteiger charge is 2.21.